The van der Waals surface area contributed by atoms with E-state index in [-0.39, 0.29) is 54.4 Å². The molecule has 3 fully saturated rings. The maximum absolute atomic E-state index is 13.8. The third-order valence-corrected chi connectivity index (χ3v) is 8.94. The van der Waals surface area contributed by atoms with Gasteiger partial charge in [-0.05, 0) is 70.2 Å². The lowest BCUT2D eigenvalue weighted by Crippen LogP contribution is -2.53. The van der Waals surface area contributed by atoms with Gasteiger partial charge in [0, 0.05) is 32.2 Å². The first-order chi connectivity index (χ1) is 17.7. The summed E-state index contributed by atoms with van der Waals surface area (Å²) in [6.07, 6.45) is 12.2. The molecule has 1 aliphatic carbocycles. The molecule has 2 aromatic rings. The zero-order chi connectivity index (χ0) is 24.9. The molecule has 5 rings (SSSR count). The smallest absolute Gasteiger partial charge is 0.329 e. The fourth-order valence-electron chi connectivity index (χ4n) is 6.96. The van der Waals surface area contributed by atoms with Crippen LogP contribution in [0.1, 0.15) is 77.2 Å². The van der Waals surface area contributed by atoms with Crippen LogP contribution in [0.3, 0.4) is 0 Å². The highest BCUT2D eigenvalue weighted by atomic mass is 35.5. The Morgan fingerprint density at radius 3 is 2.29 bits per heavy atom. The van der Waals surface area contributed by atoms with E-state index in [2.05, 4.69) is 15.5 Å². The molecule has 0 radical (unpaired) electrons. The minimum absolute atomic E-state index is 0. The molecule has 2 atom stereocenters. The van der Waals surface area contributed by atoms with Crippen LogP contribution in [0.15, 0.2) is 29.1 Å². The number of carbonyl (C=O) groups excluding carboxylic acids is 1. The topological polar surface area (TPSA) is 71.3 Å². The average Bonchev–Trinajstić information content (AvgIpc) is 3.17. The molecule has 7 nitrogen and oxygen atoms in total. The van der Waals surface area contributed by atoms with Crippen LogP contribution in [-0.4, -0.2) is 58.7 Å². The SMILES string of the molecule is CCn1c(=O)n([C@H]2CCN(CC3CCCCCCC3)C[C@@H]2C(=O)NC2CCNCC2)c2ccccc21.Cl.Cl. The van der Waals surface area contributed by atoms with Crippen molar-refractivity contribution in [3.8, 4) is 0 Å². The number of benzene rings is 1. The van der Waals surface area contributed by atoms with Gasteiger partial charge >= 0.3 is 5.69 Å². The lowest BCUT2D eigenvalue weighted by Gasteiger charge is -2.40. The largest absolute Gasteiger partial charge is 0.353 e. The van der Waals surface area contributed by atoms with E-state index in [0.717, 1.165) is 68.9 Å². The van der Waals surface area contributed by atoms with Crippen LogP contribution in [0.25, 0.3) is 11.0 Å². The monoisotopic (exact) mass is 567 g/mol. The molecular weight excluding hydrogens is 521 g/mol. The van der Waals surface area contributed by atoms with Crippen molar-refractivity contribution < 1.29 is 4.79 Å². The molecule has 1 aromatic heterocycles. The van der Waals surface area contributed by atoms with E-state index in [1.165, 1.54) is 44.9 Å². The maximum Gasteiger partial charge on any atom is 0.329 e. The van der Waals surface area contributed by atoms with Crippen molar-refractivity contribution >= 4 is 41.8 Å². The number of aromatic nitrogens is 2. The number of piperidine rings is 2. The highest BCUT2D eigenvalue weighted by Gasteiger charge is 2.38. The number of aryl methyl sites for hydroxylation is 1. The molecule has 3 heterocycles. The average molecular weight is 569 g/mol. The number of fused-ring (bicyclic) bond motifs is 1. The van der Waals surface area contributed by atoms with Crippen LogP contribution in [0, 0.1) is 11.8 Å². The summed E-state index contributed by atoms with van der Waals surface area (Å²) >= 11 is 0. The molecule has 2 N–H and O–H groups in total. The molecule has 9 heteroatoms. The Balaban J connectivity index is 0.00000200. The van der Waals surface area contributed by atoms with E-state index >= 15 is 0 Å². The molecule has 3 aliphatic rings. The van der Waals surface area contributed by atoms with Crippen molar-refractivity contribution in [2.24, 2.45) is 11.8 Å². The van der Waals surface area contributed by atoms with Gasteiger partial charge in [-0.1, -0.05) is 44.2 Å². The third kappa shape index (κ3) is 6.96. The molecule has 0 bridgehead atoms. The summed E-state index contributed by atoms with van der Waals surface area (Å²) in [7, 11) is 0. The van der Waals surface area contributed by atoms with Crippen molar-refractivity contribution in [3.63, 3.8) is 0 Å². The van der Waals surface area contributed by atoms with Crippen molar-refractivity contribution in [1.82, 2.24) is 24.7 Å². The molecule has 1 amide bonds. The number of nitrogens with zero attached hydrogens (tertiary/aromatic N) is 3. The standard InChI is InChI=1S/C29H45N5O2.2ClH/c1-2-33-26-12-8-9-13-27(26)34(29(33)36)25-16-19-32(20-22-10-6-4-3-5-7-11-22)21-24(25)28(35)31-23-14-17-30-18-15-23;;/h8-9,12-13,22-25,30H,2-7,10-11,14-21H2,1H3,(H,31,35);2*1H/t24-,25-;;/m0../s1. The Hall–Kier alpha value is -1.54. The molecular formula is C29H47Cl2N5O2. The number of likely N-dealkylation sites (tertiary alicyclic amines) is 1. The van der Waals surface area contributed by atoms with Gasteiger partial charge in [0.15, 0.2) is 0 Å². The molecule has 1 aromatic carbocycles. The predicted octanol–water partition coefficient (Wildman–Crippen LogP) is 4.76. The Morgan fingerprint density at radius 2 is 1.61 bits per heavy atom. The number of imidazole rings is 1. The van der Waals surface area contributed by atoms with Gasteiger partial charge in [0.25, 0.3) is 0 Å². The zero-order valence-corrected chi connectivity index (χ0v) is 24.5. The van der Waals surface area contributed by atoms with Crippen LogP contribution < -0.4 is 16.3 Å². The first-order valence-corrected chi connectivity index (χ1v) is 14.6. The minimum Gasteiger partial charge on any atom is -0.353 e. The second kappa shape index (κ2) is 14.7. The van der Waals surface area contributed by atoms with E-state index in [1.807, 2.05) is 40.3 Å². The minimum atomic E-state index is -0.212. The van der Waals surface area contributed by atoms with Crippen LogP contribution in [-0.2, 0) is 11.3 Å². The molecule has 214 valence electrons. The predicted molar refractivity (Wildman–Crippen MR) is 160 cm³/mol. The number of rotatable bonds is 6. The summed E-state index contributed by atoms with van der Waals surface area (Å²) in [6.45, 7) is 7.37. The summed E-state index contributed by atoms with van der Waals surface area (Å²) in [5.74, 6) is 0.658. The van der Waals surface area contributed by atoms with Gasteiger partial charge in [-0.3, -0.25) is 13.9 Å². The summed E-state index contributed by atoms with van der Waals surface area (Å²) in [6, 6.07) is 8.21. The number of amides is 1. The maximum atomic E-state index is 13.8. The van der Waals surface area contributed by atoms with E-state index < -0.39 is 0 Å². The first kappa shape index (κ1) is 31.0. The Labute approximate surface area is 239 Å². The Kier molecular flexibility index (Phi) is 12.0. The summed E-state index contributed by atoms with van der Waals surface area (Å²) in [5.41, 5.74) is 1.96. The Morgan fingerprint density at radius 1 is 0.947 bits per heavy atom. The van der Waals surface area contributed by atoms with Gasteiger partial charge in [0.1, 0.15) is 0 Å². The van der Waals surface area contributed by atoms with E-state index in [4.69, 9.17) is 0 Å². The third-order valence-electron chi connectivity index (χ3n) is 8.94. The first-order valence-electron chi connectivity index (χ1n) is 14.6. The van der Waals surface area contributed by atoms with Gasteiger partial charge < -0.3 is 15.5 Å². The number of halogens is 2. The summed E-state index contributed by atoms with van der Waals surface area (Å²) in [5, 5.41) is 6.78. The van der Waals surface area contributed by atoms with Gasteiger partial charge in [0.05, 0.1) is 23.0 Å². The number of hydrogen-bond acceptors (Lipinski definition) is 4. The second-order valence-corrected chi connectivity index (χ2v) is 11.4. The van der Waals surface area contributed by atoms with Crippen LogP contribution in [0.5, 0.6) is 0 Å². The molecule has 2 aliphatic heterocycles. The van der Waals surface area contributed by atoms with Crippen molar-refractivity contribution in [2.45, 2.75) is 89.8 Å². The molecule has 1 saturated carbocycles. The second-order valence-electron chi connectivity index (χ2n) is 11.4. The van der Waals surface area contributed by atoms with E-state index in [9.17, 15) is 9.59 Å². The van der Waals surface area contributed by atoms with E-state index in [0.29, 0.717) is 6.54 Å². The number of nitrogens with one attached hydrogen (secondary N) is 2. The fraction of sp³-hybridized carbons (Fsp3) is 0.724. The zero-order valence-electron chi connectivity index (χ0n) is 22.9. The lowest BCUT2D eigenvalue weighted by atomic mass is 9.87. The molecule has 0 spiro atoms. The molecule has 0 unspecified atom stereocenters. The van der Waals surface area contributed by atoms with Gasteiger partial charge in [0.2, 0.25) is 5.91 Å². The fourth-order valence-corrected chi connectivity index (χ4v) is 6.96. The van der Waals surface area contributed by atoms with Gasteiger partial charge in [-0.2, -0.15) is 0 Å². The molecule has 38 heavy (non-hydrogen) atoms. The number of para-hydroxylation sites is 2. The summed E-state index contributed by atoms with van der Waals surface area (Å²) < 4.78 is 3.82. The number of hydrogen-bond donors (Lipinski definition) is 2. The highest BCUT2D eigenvalue weighted by Crippen LogP contribution is 2.33. The van der Waals surface area contributed by atoms with Crippen molar-refractivity contribution in [3.05, 3.63) is 34.7 Å². The van der Waals surface area contributed by atoms with Crippen LogP contribution in [0.4, 0.5) is 0 Å². The van der Waals surface area contributed by atoms with E-state index in [1.54, 1.807) is 0 Å². The normalized spacial score (nSPS) is 24.1. The highest BCUT2D eigenvalue weighted by molar-refractivity contribution is 5.85. The van der Waals surface area contributed by atoms with Crippen LogP contribution >= 0.6 is 24.8 Å². The Bertz CT molecular complexity index is 1070. The summed E-state index contributed by atoms with van der Waals surface area (Å²) in [4.78, 5) is 30.0. The van der Waals surface area contributed by atoms with Crippen molar-refractivity contribution in [2.75, 3.05) is 32.7 Å². The quantitative estimate of drug-likeness (QED) is 0.528. The molecule has 2 saturated heterocycles. The van der Waals surface area contributed by atoms with Gasteiger partial charge in [-0.15, -0.1) is 24.8 Å². The van der Waals surface area contributed by atoms with Crippen molar-refractivity contribution in [1.29, 1.82) is 0 Å². The van der Waals surface area contributed by atoms with Gasteiger partial charge in [-0.25, -0.2) is 4.79 Å². The number of carbonyl (C=O) groups is 1. The van der Waals surface area contributed by atoms with Crippen LogP contribution in [0.2, 0.25) is 0 Å². The lowest BCUT2D eigenvalue weighted by molar-refractivity contribution is -0.129.